The number of aromatic nitrogens is 2. The number of hydrogen-bond acceptors (Lipinski definition) is 5. The van der Waals surface area contributed by atoms with Gasteiger partial charge in [-0.05, 0) is 31.6 Å². The molecule has 0 unspecified atom stereocenters. The summed E-state index contributed by atoms with van der Waals surface area (Å²) in [5.41, 5.74) is 0. The van der Waals surface area contributed by atoms with E-state index in [1.54, 1.807) is 13.4 Å². The maximum Gasteiger partial charge on any atom is 0.204 e. The lowest BCUT2D eigenvalue weighted by Crippen LogP contribution is -2.26. The van der Waals surface area contributed by atoms with Crippen LogP contribution in [0.3, 0.4) is 0 Å². The van der Waals surface area contributed by atoms with Crippen molar-refractivity contribution in [3.8, 4) is 5.75 Å². The zero-order chi connectivity index (χ0) is 13.0. The predicted molar refractivity (Wildman–Crippen MR) is 73.2 cm³/mol. The molecule has 1 saturated carbocycles. The summed E-state index contributed by atoms with van der Waals surface area (Å²) in [7, 11) is 3.48. The fourth-order valence-corrected chi connectivity index (χ4v) is 2.45. The van der Waals surface area contributed by atoms with Crippen LogP contribution < -0.4 is 15.4 Å². The zero-order valence-corrected chi connectivity index (χ0v) is 11.4. The molecule has 2 rings (SSSR count). The maximum atomic E-state index is 5.38. The van der Waals surface area contributed by atoms with Crippen LogP contribution in [0, 0.1) is 5.92 Å². The first kappa shape index (κ1) is 12.9. The van der Waals surface area contributed by atoms with Crippen molar-refractivity contribution < 1.29 is 4.74 Å². The first-order chi connectivity index (χ1) is 8.74. The smallest absolute Gasteiger partial charge is 0.204 e. The van der Waals surface area contributed by atoms with Gasteiger partial charge in [0.2, 0.25) is 5.75 Å². The van der Waals surface area contributed by atoms with Gasteiger partial charge in [-0.2, -0.15) is 0 Å². The number of nitrogens with one attached hydrogen (secondary N) is 2. The summed E-state index contributed by atoms with van der Waals surface area (Å²) in [6.07, 6.45) is 6.52. The second-order valence-electron chi connectivity index (χ2n) is 4.96. The van der Waals surface area contributed by atoms with Gasteiger partial charge in [-0.3, -0.25) is 0 Å². The van der Waals surface area contributed by atoms with Crippen molar-refractivity contribution in [2.75, 3.05) is 24.8 Å². The number of methoxy groups -OCH3 is 1. The molecule has 2 N–H and O–H groups in total. The van der Waals surface area contributed by atoms with E-state index in [2.05, 4.69) is 27.5 Å². The van der Waals surface area contributed by atoms with Crippen LogP contribution in [0.5, 0.6) is 5.75 Å². The van der Waals surface area contributed by atoms with Gasteiger partial charge in [0.1, 0.15) is 6.33 Å². The second kappa shape index (κ2) is 5.89. The lowest BCUT2D eigenvalue weighted by atomic mass is 9.87. The molecule has 0 radical (unpaired) electrons. The molecule has 0 atom stereocenters. The number of rotatable bonds is 4. The van der Waals surface area contributed by atoms with Crippen molar-refractivity contribution in [1.29, 1.82) is 0 Å². The van der Waals surface area contributed by atoms with Gasteiger partial charge in [0.25, 0.3) is 0 Å². The van der Waals surface area contributed by atoms with E-state index in [0.717, 1.165) is 17.6 Å². The van der Waals surface area contributed by atoms with Gasteiger partial charge < -0.3 is 15.4 Å². The number of ether oxygens (including phenoxy) is 1. The van der Waals surface area contributed by atoms with E-state index in [9.17, 15) is 0 Å². The Morgan fingerprint density at radius 1 is 1.17 bits per heavy atom. The molecule has 18 heavy (non-hydrogen) atoms. The minimum atomic E-state index is 0.495. The predicted octanol–water partition coefficient (Wildman–Crippen LogP) is 2.52. The summed E-state index contributed by atoms with van der Waals surface area (Å²) in [6, 6.07) is 0.495. The largest absolute Gasteiger partial charge is 0.490 e. The summed E-state index contributed by atoms with van der Waals surface area (Å²) in [6.45, 7) is 2.32. The van der Waals surface area contributed by atoms with Crippen molar-refractivity contribution >= 4 is 11.6 Å². The summed E-state index contributed by atoms with van der Waals surface area (Å²) >= 11 is 0. The molecular formula is C13H22N4O. The van der Waals surface area contributed by atoms with E-state index >= 15 is 0 Å². The van der Waals surface area contributed by atoms with Gasteiger partial charge in [-0.15, -0.1) is 0 Å². The van der Waals surface area contributed by atoms with Crippen LogP contribution in [0.15, 0.2) is 6.33 Å². The van der Waals surface area contributed by atoms with Gasteiger partial charge in [0, 0.05) is 13.1 Å². The summed E-state index contributed by atoms with van der Waals surface area (Å²) < 4.78 is 5.38. The van der Waals surface area contributed by atoms with Gasteiger partial charge >= 0.3 is 0 Å². The molecule has 1 fully saturated rings. The Bertz CT molecular complexity index is 389. The Morgan fingerprint density at radius 3 is 2.44 bits per heavy atom. The first-order valence-corrected chi connectivity index (χ1v) is 6.58. The Kier molecular flexibility index (Phi) is 4.23. The van der Waals surface area contributed by atoms with Gasteiger partial charge in [0.15, 0.2) is 11.6 Å². The summed E-state index contributed by atoms with van der Waals surface area (Å²) in [5.74, 6) is 3.05. The maximum absolute atomic E-state index is 5.38. The highest BCUT2D eigenvalue weighted by atomic mass is 16.5. The first-order valence-electron chi connectivity index (χ1n) is 6.58. The van der Waals surface area contributed by atoms with Crippen molar-refractivity contribution in [2.45, 2.75) is 38.6 Å². The fourth-order valence-electron chi connectivity index (χ4n) is 2.45. The molecule has 1 aliphatic carbocycles. The topological polar surface area (TPSA) is 59.1 Å². The van der Waals surface area contributed by atoms with Crippen molar-refractivity contribution in [3.05, 3.63) is 6.33 Å². The molecule has 0 aliphatic heterocycles. The van der Waals surface area contributed by atoms with E-state index in [-0.39, 0.29) is 0 Å². The Morgan fingerprint density at radius 2 is 1.83 bits per heavy atom. The Labute approximate surface area is 108 Å². The third-order valence-electron chi connectivity index (χ3n) is 3.60. The van der Waals surface area contributed by atoms with Crippen LogP contribution in [0.2, 0.25) is 0 Å². The van der Waals surface area contributed by atoms with E-state index in [0.29, 0.717) is 11.8 Å². The standard InChI is InChI=1S/C13H22N4O/c1-9-4-6-10(7-5-9)17-13-11(18-3)12(14-2)15-8-16-13/h8-10H,4-7H2,1-3H3,(H2,14,15,16,17). The van der Waals surface area contributed by atoms with Crippen molar-refractivity contribution in [1.82, 2.24) is 9.97 Å². The minimum absolute atomic E-state index is 0.495. The monoisotopic (exact) mass is 250 g/mol. The molecule has 100 valence electrons. The average molecular weight is 250 g/mol. The van der Waals surface area contributed by atoms with Crippen LogP contribution in [-0.2, 0) is 0 Å². The van der Waals surface area contributed by atoms with Crippen LogP contribution >= 0.6 is 0 Å². The van der Waals surface area contributed by atoms with Gasteiger partial charge in [-0.25, -0.2) is 9.97 Å². The van der Waals surface area contributed by atoms with E-state index in [1.165, 1.54) is 25.7 Å². The molecule has 5 heteroatoms. The number of anilines is 2. The highest BCUT2D eigenvalue weighted by Crippen LogP contribution is 2.32. The third kappa shape index (κ3) is 2.83. The molecular weight excluding hydrogens is 228 g/mol. The molecule has 1 aromatic heterocycles. The van der Waals surface area contributed by atoms with Crippen LogP contribution in [0.1, 0.15) is 32.6 Å². The lowest BCUT2D eigenvalue weighted by molar-refractivity contribution is 0.358. The third-order valence-corrected chi connectivity index (χ3v) is 3.60. The normalized spacial score (nSPS) is 23.5. The molecule has 0 amide bonds. The highest BCUT2D eigenvalue weighted by Gasteiger charge is 2.20. The summed E-state index contributed by atoms with van der Waals surface area (Å²) in [4.78, 5) is 8.43. The van der Waals surface area contributed by atoms with Crippen LogP contribution in [-0.4, -0.2) is 30.2 Å². The Balaban J connectivity index is 2.09. The van der Waals surface area contributed by atoms with Crippen molar-refractivity contribution in [2.24, 2.45) is 5.92 Å². The molecule has 1 heterocycles. The number of hydrogen-bond donors (Lipinski definition) is 2. The quantitative estimate of drug-likeness (QED) is 0.860. The molecule has 1 aliphatic rings. The van der Waals surface area contributed by atoms with Crippen LogP contribution in [0.25, 0.3) is 0 Å². The molecule has 0 bridgehead atoms. The number of nitrogens with zero attached hydrogens (tertiary/aromatic N) is 2. The second-order valence-corrected chi connectivity index (χ2v) is 4.96. The zero-order valence-electron chi connectivity index (χ0n) is 11.4. The van der Waals surface area contributed by atoms with Gasteiger partial charge in [-0.1, -0.05) is 6.92 Å². The van der Waals surface area contributed by atoms with Gasteiger partial charge in [0.05, 0.1) is 7.11 Å². The summed E-state index contributed by atoms with van der Waals surface area (Å²) in [5, 5.41) is 6.49. The lowest BCUT2D eigenvalue weighted by Gasteiger charge is -2.27. The SMILES string of the molecule is CNc1ncnc(NC2CCC(C)CC2)c1OC. The average Bonchev–Trinajstić information content (AvgIpc) is 2.41. The van der Waals surface area contributed by atoms with Crippen molar-refractivity contribution in [3.63, 3.8) is 0 Å². The van der Waals surface area contributed by atoms with Crippen LogP contribution in [0.4, 0.5) is 11.6 Å². The molecule has 1 aromatic rings. The van der Waals surface area contributed by atoms with E-state index in [1.807, 2.05) is 7.05 Å². The Hall–Kier alpha value is -1.52. The molecule has 5 nitrogen and oxygen atoms in total. The molecule has 0 saturated heterocycles. The molecule has 0 aromatic carbocycles. The highest BCUT2D eigenvalue weighted by molar-refractivity contribution is 5.63. The van der Waals surface area contributed by atoms with E-state index in [4.69, 9.17) is 4.74 Å². The molecule has 0 spiro atoms. The fraction of sp³-hybridized carbons (Fsp3) is 0.692. The van der Waals surface area contributed by atoms with E-state index < -0.39 is 0 Å². The minimum Gasteiger partial charge on any atom is -0.490 e.